The molecular weight excluding hydrogens is 242 g/mol. The third-order valence-corrected chi connectivity index (χ3v) is 4.50. The van der Waals surface area contributed by atoms with Gasteiger partial charge in [0.15, 0.2) is 0 Å². The van der Waals surface area contributed by atoms with Crippen LogP contribution in [0.2, 0.25) is 0 Å². The van der Waals surface area contributed by atoms with Crippen LogP contribution < -0.4 is 10.1 Å². The molecule has 0 heterocycles. The van der Waals surface area contributed by atoms with Gasteiger partial charge in [0.1, 0.15) is 5.75 Å². The van der Waals surface area contributed by atoms with Crippen molar-refractivity contribution >= 4 is 11.8 Å². The second-order valence-electron chi connectivity index (χ2n) is 4.82. The van der Waals surface area contributed by atoms with Crippen molar-refractivity contribution in [3.8, 4) is 5.75 Å². The molecule has 1 saturated carbocycles. The van der Waals surface area contributed by atoms with E-state index >= 15 is 0 Å². The van der Waals surface area contributed by atoms with Gasteiger partial charge in [-0.05, 0) is 49.8 Å². The van der Waals surface area contributed by atoms with Crippen molar-refractivity contribution in [2.75, 3.05) is 19.4 Å². The fraction of sp³-hybridized carbons (Fsp3) is 0.600. The summed E-state index contributed by atoms with van der Waals surface area (Å²) < 4.78 is 5.22. The number of hydrogen-bond donors (Lipinski definition) is 1. The van der Waals surface area contributed by atoms with Crippen LogP contribution in [0.4, 0.5) is 0 Å². The number of rotatable bonds is 7. The van der Waals surface area contributed by atoms with Gasteiger partial charge in [0.25, 0.3) is 0 Å². The molecule has 0 aromatic heterocycles. The molecule has 0 amide bonds. The summed E-state index contributed by atoms with van der Waals surface area (Å²) in [6, 6.07) is 9.10. The number of ether oxygens (including phenoxy) is 1. The Kier molecular flexibility index (Phi) is 5.88. The van der Waals surface area contributed by atoms with E-state index in [4.69, 9.17) is 4.74 Å². The Labute approximate surface area is 114 Å². The molecule has 1 N–H and O–H groups in total. The van der Waals surface area contributed by atoms with Gasteiger partial charge in [-0.25, -0.2) is 0 Å². The lowest BCUT2D eigenvalue weighted by molar-refractivity contribution is 0.413. The summed E-state index contributed by atoms with van der Waals surface area (Å²) in [6.07, 6.45) is 6.82. The molecule has 2 nitrogen and oxygen atoms in total. The van der Waals surface area contributed by atoms with Crippen LogP contribution >= 0.6 is 11.8 Å². The highest BCUT2D eigenvalue weighted by Crippen LogP contribution is 2.23. The third kappa shape index (κ3) is 4.54. The lowest BCUT2D eigenvalue weighted by Gasteiger charge is -2.11. The molecule has 0 atom stereocenters. The van der Waals surface area contributed by atoms with E-state index in [0.29, 0.717) is 0 Å². The average molecular weight is 265 g/mol. The monoisotopic (exact) mass is 265 g/mol. The molecular formula is C15H23NOS. The van der Waals surface area contributed by atoms with E-state index in [-0.39, 0.29) is 0 Å². The van der Waals surface area contributed by atoms with Gasteiger partial charge in [-0.15, -0.1) is 11.8 Å². The summed E-state index contributed by atoms with van der Waals surface area (Å²) in [4.78, 5) is 1.30. The van der Waals surface area contributed by atoms with Gasteiger partial charge in [0, 0.05) is 10.9 Å². The van der Waals surface area contributed by atoms with Gasteiger partial charge < -0.3 is 10.1 Å². The van der Waals surface area contributed by atoms with Gasteiger partial charge in [-0.3, -0.25) is 0 Å². The Morgan fingerprint density at radius 2 is 2.17 bits per heavy atom. The molecule has 0 saturated heterocycles. The topological polar surface area (TPSA) is 21.3 Å². The summed E-state index contributed by atoms with van der Waals surface area (Å²) >= 11 is 1.91. The zero-order valence-corrected chi connectivity index (χ0v) is 12.0. The molecule has 1 aliphatic rings. The van der Waals surface area contributed by atoms with Crippen molar-refractivity contribution in [3.63, 3.8) is 0 Å². The van der Waals surface area contributed by atoms with Crippen LogP contribution in [0.3, 0.4) is 0 Å². The van der Waals surface area contributed by atoms with Crippen LogP contribution in [0.5, 0.6) is 5.75 Å². The average Bonchev–Trinajstić information content (AvgIpc) is 2.92. The Bertz CT molecular complexity index is 350. The maximum absolute atomic E-state index is 5.22. The van der Waals surface area contributed by atoms with E-state index in [0.717, 1.165) is 18.3 Å². The van der Waals surface area contributed by atoms with Gasteiger partial charge in [0.05, 0.1) is 7.11 Å². The third-order valence-electron chi connectivity index (χ3n) is 3.42. The van der Waals surface area contributed by atoms with E-state index in [2.05, 4.69) is 23.5 Å². The predicted octanol–water partition coefficient (Wildman–Crippen LogP) is 3.71. The molecule has 1 fully saturated rings. The van der Waals surface area contributed by atoms with Crippen molar-refractivity contribution in [3.05, 3.63) is 24.3 Å². The zero-order valence-electron chi connectivity index (χ0n) is 11.2. The maximum Gasteiger partial charge on any atom is 0.119 e. The SMILES string of the molecule is COc1cccc(SCCCNC2CCCC2)c1. The molecule has 0 spiro atoms. The molecule has 0 aliphatic heterocycles. The molecule has 0 radical (unpaired) electrons. The molecule has 1 aromatic carbocycles. The smallest absolute Gasteiger partial charge is 0.119 e. The number of hydrogen-bond acceptors (Lipinski definition) is 3. The van der Waals surface area contributed by atoms with E-state index in [1.54, 1.807) is 7.11 Å². The first-order valence-corrected chi connectivity index (χ1v) is 7.87. The van der Waals surface area contributed by atoms with Crippen molar-refractivity contribution < 1.29 is 4.74 Å². The first kappa shape index (κ1) is 13.8. The van der Waals surface area contributed by atoms with Crippen LogP contribution in [0.25, 0.3) is 0 Å². The normalized spacial score (nSPS) is 16.1. The summed E-state index contributed by atoms with van der Waals surface area (Å²) in [6.45, 7) is 1.15. The second-order valence-corrected chi connectivity index (χ2v) is 5.98. The molecule has 1 aromatic rings. The van der Waals surface area contributed by atoms with Crippen LogP contribution in [0, 0.1) is 0 Å². The Hall–Kier alpha value is -0.670. The molecule has 0 bridgehead atoms. The molecule has 3 heteroatoms. The Balaban J connectivity index is 1.59. The van der Waals surface area contributed by atoms with Crippen LogP contribution in [-0.4, -0.2) is 25.4 Å². The quantitative estimate of drug-likeness (QED) is 0.600. The van der Waals surface area contributed by atoms with Gasteiger partial charge >= 0.3 is 0 Å². The maximum atomic E-state index is 5.22. The largest absolute Gasteiger partial charge is 0.497 e. The number of thioether (sulfide) groups is 1. The summed E-state index contributed by atoms with van der Waals surface area (Å²) in [5.41, 5.74) is 0. The highest BCUT2D eigenvalue weighted by Gasteiger charge is 2.13. The summed E-state index contributed by atoms with van der Waals surface area (Å²) in [5.74, 6) is 2.12. The van der Waals surface area contributed by atoms with Crippen molar-refractivity contribution in [1.82, 2.24) is 5.32 Å². The number of benzene rings is 1. The highest BCUT2D eigenvalue weighted by atomic mass is 32.2. The van der Waals surface area contributed by atoms with Crippen molar-refractivity contribution in [1.29, 1.82) is 0 Å². The fourth-order valence-corrected chi connectivity index (χ4v) is 3.29. The minimum atomic E-state index is 0.798. The zero-order chi connectivity index (χ0) is 12.6. The molecule has 2 rings (SSSR count). The lowest BCUT2D eigenvalue weighted by atomic mass is 10.2. The van der Waals surface area contributed by atoms with Gasteiger partial charge in [-0.2, -0.15) is 0 Å². The summed E-state index contributed by atoms with van der Waals surface area (Å²) in [7, 11) is 1.72. The van der Waals surface area contributed by atoms with Crippen LogP contribution in [0.1, 0.15) is 32.1 Å². The van der Waals surface area contributed by atoms with E-state index in [9.17, 15) is 0 Å². The molecule has 18 heavy (non-hydrogen) atoms. The Morgan fingerprint density at radius 3 is 2.94 bits per heavy atom. The van der Waals surface area contributed by atoms with E-state index in [1.165, 1.54) is 42.8 Å². The van der Waals surface area contributed by atoms with Gasteiger partial charge in [0.2, 0.25) is 0 Å². The number of nitrogens with one attached hydrogen (secondary N) is 1. The fourth-order valence-electron chi connectivity index (χ4n) is 2.39. The van der Waals surface area contributed by atoms with E-state index < -0.39 is 0 Å². The van der Waals surface area contributed by atoms with Gasteiger partial charge in [-0.1, -0.05) is 18.9 Å². The predicted molar refractivity (Wildman–Crippen MR) is 78.6 cm³/mol. The minimum Gasteiger partial charge on any atom is -0.497 e. The standard InChI is InChI=1S/C15H23NOS/c1-17-14-8-4-9-15(12-14)18-11-5-10-16-13-6-2-3-7-13/h4,8-9,12-13,16H,2-3,5-7,10-11H2,1H3. The van der Waals surface area contributed by atoms with Crippen molar-refractivity contribution in [2.45, 2.75) is 43.0 Å². The van der Waals surface area contributed by atoms with Crippen LogP contribution in [0.15, 0.2) is 29.2 Å². The highest BCUT2D eigenvalue weighted by molar-refractivity contribution is 7.99. The minimum absolute atomic E-state index is 0.798. The van der Waals surface area contributed by atoms with Crippen LogP contribution in [-0.2, 0) is 0 Å². The summed E-state index contributed by atoms with van der Waals surface area (Å²) in [5, 5.41) is 3.65. The van der Waals surface area contributed by atoms with E-state index in [1.807, 2.05) is 17.8 Å². The molecule has 0 unspecified atom stereocenters. The first-order valence-electron chi connectivity index (χ1n) is 6.89. The Morgan fingerprint density at radius 1 is 1.33 bits per heavy atom. The first-order chi connectivity index (χ1) is 8.88. The molecule has 1 aliphatic carbocycles. The number of methoxy groups -OCH3 is 1. The van der Waals surface area contributed by atoms with Crippen molar-refractivity contribution in [2.24, 2.45) is 0 Å². The lowest BCUT2D eigenvalue weighted by Crippen LogP contribution is -2.27. The second kappa shape index (κ2) is 7.70. The molecule has 100 valence electrons.